The lowest BCUT2D eigenvalue weighted by atomic mass is 9.97. The van der Waals surface area contributed by atoms with Crippen LogP contribution in [0.4, 0.5) is 0 Å². The Balaban J connectivity index is 3.15. The first kappa shape index (κ1) is 13.4. The molecular formula is C16H20O. The van der Waals surface area contributed by atoms with E-state index >= 15 is 0 Å². The van der Waals surface area contributed by atoms with Crippen LogP contribution in [-0.4, -0.2) is 5.78 Å². The van der Waals surface area contributed by atoms with Gasteiger partial charge in [0, 0.05) is 11.1 Å². The topological polar surface area (TPSA) is 17.1 Å². The van der Waals surface area contributed by atoms with Gasteiger partial charge in [-0.3, -0.25) is 4.79 Å². The molecule has 17 heavy (non-hydrogen) atoms. The lowest BCUT2D eigenvalue weighted by Crippen LogP contribution is -2.03. The van der Waals surface area contributed by atoms with Gasteiger partial charge in [-0.2, -0.15) is 0 Å². The monoisotopic (exact) mass is 228 g/mol. The molecule has 0 saturated heterocycles. The van der Waals surface area contributed by atoms with Crippen molar-refractivity contribution in [3.8, 4) is 0 Å². The Bertz CT molecular complexity index is 465. The first-order chi connectivity index (χ1) is 7.91. The zero-order valence-corrected chi connectivity index (χ0v) is 11.3. The second-order valence-electron chi connectivity index (χ2n) is 4.83. The van der Waals surface area contributed by atoms with E-state index in [1.54, 1.807) is 0 Å². The van der Waals surface area contributed by atoms with Crippen LogP contribution in [0.3, 0.4) is 0 Å². The average molecular weight is 228 g/mol. The highest BCUT2D eigenvalue weighted by molar-refractivity contribution is 6.11. The summed E-state index contributed by atoms with van der Waals surface area (Å²) in [7, 11) is 0. The lowest BCUT2D eigenvalue weighted by molar-refractivity contribution is 0.103. The first-order valence-electron chi connectivity index (χ1n) is 5.85. The highest BCUT2D eigenvalue weighted by Gasteiger charge is 2.11. The number of ketones is 1. The standard InChI is InChI=1S/C16H20O/c1-11(2)10-15(12(3)4)16(17)14-8-6-13(5)7-9-14/h6-10H,1-5H3. The summed E-state index contributed by atoms with van der Waals surface area (Å²) < 4.78 is 0. The van der Waals surface area contributed by atoms with Gasteiger partial charge in [0.2, 0.25) is 0 Å². The van der Waals surface area contributed by atoms with Crippen LogP contribution in [0.5, 0.6) is 0 Å². The molecule has 1 heteroatoms. The molecule has 0 heterocycles. The molecule has 0 fully saturated rings. The van der Waals surface area contributed by atoms with Crippen molar-refractivity contribution in [1.29, 1.82) is 0 Å². The fourth-order valence-corrected chi connectivity index (χ4v) is 1.59. The van der Waals surface area contributed by atoms with E-state index in [2.05, 4.69) is 0 Å². The maximum Gasteiger partial charge on any atom is 0.192 e. The largest absolute Gasteiger partial charge is 0.289 e. The Morgan fingerprint density at radius 1 is 1.00 bits per heavy atom. The highest BCUT2D eigenvalue weighted by atomic mass is 16.1. The molecule has 0 N–H and O–H groups in total. The predicted molar refractivity (Wildman–Crippen MR) is 73.3 cm³/mol. The molecule has 0 unspecified atom stereocenters. The minimum absolute atomic E-state index is 0.103. The van der Waals surface area contributed by atoms with Crippen molar-refractivity contribution in [3.63, 3.8) is 0 Å². The van der Waals surface area contributed by atoms with Crippen molar-refractivity contribution in [2.24, 2.45) is 0 Å². The summed E-state index contributed by atoms with van der Waals surface area (Å²) in [5.41, 5.74) is 4.92. The molecule has 0 radical (unpaired) electrons. The van der Waals surface area contributed by atoms with Crippen molar-refractivity contribution in [2.75, 3.05) is 0 Å². The van der Waals surface area contributed by atoms with Crippen molar-refractivity contribution in [1.82, 2.24) is 0 Å². The molecule has 0 atom stereocenters. The zero-order chi connectivity index (χ0) is 13.0. The minimum atomic E-state index is 0.103. The lowest BCUT2D eigenvalue weighted by Gasteiger charge is -2.06. The van der Waals surface area contributed by atoms with Crippen molar-refractivity contribution < 1.29 is 4.79 Å². The molecule has 1 aromatic rings. The number of Topliss-reactive ketones (excluding diaryl/α,β-unsaturated/α-hetero) is 1. The van der Waals surface area contributed by atoms with E-state index in [4.69, 9.17) is 0 Å². The van der Waals surface area contributed by atoms with Gasteiger partial charge in [-0.05, 0) is 34.6 Å². The number of benzene rings is 1. The number of carbonyl (C=O) groups excluding carboxylic acids is 1. The van der Waals surface area contributed by atoms with Crippen LogP contribution in [-0.2, 0) is 0 Å². The highest BCUT2D eigenvalue weighted by Crippen LogP contribution is 2.16. The van der Waals surface area contributed by atoms with Gasteiger partial charge in [0.25, 0.3) is 0 Å². The number of aryl methyl sites for hydroxylation is 1. The number of rotatable bonds is 3. The summed E-state index contributed by atoms with van der Waals surface area (Å²) in [5.74, 6) is 0.103. The number of hydrogen-bond donors (Lipinski definition) is 0. The van der Waals surface area contributed by atoms with Gasteiger partial charge in [0.15, 0.2) is 5.78 Å². The second kappa shape index (κ2) is 5.62. The van der Waals surface area contributed by atoms with E-state index in [9.17, 15) is 4.79 Å². The molecule has 1 rings (SSSR count). The first-order valence-corrected chi connectivity index (χ1v) is 5.85. The smallest absolute Gasteiger partial charge is 0.192 e. The number of allylic oxidation sites excluding steroid dienone is 4. The Morgan fingerprint density at radius 2 is 1.53 bits per heavy atom. The molecule has 0 amide bonds. The quantitative estimate of drug-likeness (QED) is 0.423. The summed E-state index contributed by atoms with van der Waals surface area (Å²) in [6.07, 6.45) is 1.96. The van der Waals surface area contributed by atoms with Crippen LogP contribution in [0.25, 0.3) is 0 Å². The molecule has 0 aliphatic rings. The summed E-state index contributed by atoms with van der Waals surface area (Å²) in [5, 5.41) is 0. The van der Waals surface area contributed by atoms with Crippen molar-refractivity contribution >= 4 is 5.78 Å². The molecule has 0 saturated carbocycles. The van der Waals surface area contributed by atoms with Crippen LogP contribution in [0.15, 0.2) is 47.1 Å². The summed E-state index contributed by atoms with van der Waals surface area (Å²) in [6.45, 7) is 9.98. The Hall–Kier alpha value is -1.63. The third-order valence-corrected chi connectivity index (χ3v) is 2.53. The molecule has 0 spiro atoms. The van der Waals surface area contributed by atoms with E-state index in [1.165, 1.54) is 5.56 Å². The fraction of sp³-hybridized carbons (Fsp3) is 0.312. The maximum absolute atomic E-state index is 12.3. The van der Waals surface area contributed by atoms with E-state index < -0.39 is 0 Å². The Labute approximate surface area is 104 Å². The van der Waals surface area contributed by atoms with Crippen molar-refractivity contribution in [3.05, 3.63) is 58.2 Å². The SMILES string of the molecule is CC(C)=CC(C(=O)c1ccc(C)cc1)=C(C)C. The van der Waals surface area contributed by atoms with Gasteiger partial charge in [-0.25, -0.2) is 0 Å². The summed E-state index contributed by atoms with van der Waals surface area (Å²) in [4.78, 5) is 12.3. The van der Waals surface area contributed by atoms with Gasteiger partial charge in [-0.15, -0.1) is 0 Å². The van der Waals surface area contributed by atoms with Crippen LogP contribution >= 0.6 is 0 Å². The van der Waals surface area contributed by atoms with Crippen molar-refractivity contribution in [2.45, 2.75) is 34.6 Å². The zero-order valence-electron chi connectivity index (χ0n) is 11.3. The summed E-state index contributed by atoms with van der Waals surface area (Å²) >= 11 is 0. The summed E-state index contributed by atoms with van der Waals surface area (Å²) in [6, 6.07) is 7.72. The molecular weight excluding hydrogens is 208 g/mol. The molecule has 90 valence electrons. The minimum Gasteiger partial charge on any atom is -0.289 e. The number of hydrogen-bond acceptors (Lipinski definition) is 1. The van der Waals surface area contributed by atoms with Crippen LogP contribution in [0.2, 0.25) is 0 Å². The van der Waals surface area contributed by atoms with Crippen LogP contribution in [0.1, 0.15) is 43.6 Å². The van der Waals surface area contributed by atoms with Gasteiger partial charge in [0.05, 0.1) is 0 Å². The van der Waals surface area contributed by atoms with Gasteiger partial charge < -0.3 is 0 Å². The van der Waals surface area contributed by atoms with Crippen LogP contribution < -0.4 is 0 Å². The molecule has 0 aromatic heterocycles. The fourth-order valence-electron chi connectivity index (χ4n) is 1.59. The van der Waals surface area contributed by atoms with Crippen LogP contribution in [0, 0.1) is 6.92 Å². The molecule has 1 nitrogen and oxygen atoms in total. The normalized spacial score (nSPS) is 9.71. The van der Waals surface area contributed by atoms with Gasteiger partial charge in [-0.1, -0.05) is 47.1 Å². The second-order valence-corrected chi connectivity index (χ2v) is 4.83. The molecule has 0 bridgehead atoms. The molecule has 1 aromatic carbocycles. The predicted octanol–water partition coefficient (Wildman–Crippen LogP) is 4.48. The third kappa shape index (κ3) is 3.70. The van der Waals surface area contributed by atoms with E-state index in [-0.39, 0.29) is 5.78 Å². The molecule has 0 aliphatic heterocycles. The van der Waals surface area contributed by atoms with E-state index in [0.29, 0.717) is 0 Å². The van der Waals surface area contributed by atoms with E-state index in [0.717, 1.165) is 22.3 Å². The Kier molecular flexibility index (Phi) is 4.45. The average Bonchev–Trinajstić information content (AvgIpc) is 2.25. The molecule has 0 aliphatic carbocycles. The third-order valence-electron chi connectivity index (χ3n) is 2.53. The Morgan fingerprint density at radius 3 is 1.94 bits per heavy atom. The number of carbonyl (C=O) groups is 1. The van der Waals surface area contributed by atoms with Gasteiger partial charge in [0.1, 0.15) is 0 Å². The maximum atomic E-state index is 12.3. The van der Waals surface area contributed by atoms with Gasteiger partial charge >= 0.3 is 0 Å². The van der Waals surface area contributed by atoms with E-state index in [1.807, 2.05) is 65.0 Å².